The summed E-state index contributed by atoms with van der Waals surface area (Å²) in [6.45, 7) is 3.76. The van der Waals surface area contributed by atoms with E-state index in [0.29, 0.717) is 12.1 Å². The first-order chi connectivity index (χ1) is 12.3. The highest BCUT2D eigenvalue weighted by atomic mass is 35.5. The lowest BCUT2D eigenvalue weighted by molar-refractivity contribution is -0.137. The molecule has 142 valence electrons. The molecule has 2 aliphatic heterocycles. The first-order valence-corrected chi connectivity index (χ1v) is 9.30. The monoisotopic (exact) mass is 386 g/mol. The average molecular weight is 387 g/mol. The van der Waals surface area contributed by atoms with Gasteiger partial charge in [-0.15, -0.1) is 0 Å². The number of halogens is 4. The summed E-state index contributed by atoms with van der Waals surface area (Å²) in [5, 5.41) is -0.341. The molecule has 1 aromatic carbocycles. The molecule has 3 rings (SSSR count). The third-order valence-electron chi connectivity index (χ3n) is 5.04. The minimum absolute atomic E-state index is 0.143. The summed E-state index contributed by atoms with van der Waals surface area (Å²) in [7, 11) is 0. The van der Waals surface area contributed by atoms with Crippen LogP contribution in [-0.2, 0) is 11.0 Å². The summed E-state index contributed by atoms with van der Waals surface area (Å²) in [6, 6.07) is 3.85. The number of benzene rings is 1. The van der Waals surface area contributed by atoms with E-state index in [0.717, 1.165) is 38.5 Å². The topological polar surface area (TPSA) is 23.6 Å². The van der Waals surface area contributed by atoms with Gasteiger partial charge in [0.25, 0.3) is 0 Å². The zero-order valence-corrected chi connectivity index (χ0v) is 15.2. The van der Waals surface area contributed by atoms with Crippen molar-refractivity contribution in [1.29, 1.82) is 0 Å². The third-order valence-corrected chi connectivity index (χ3v) is 5.37. The number of carbonyl (C=O) groups is 1. The Labute approximate surface area is 156 Å². The number of nitrogens with zero attached hydrogens (tertiary/aromatic N) is 2. The molecule has 0 spiro atoms. The van der Waals surface area contributed by atoms with E-state index in [-0.39, 0.29) is 17.0 Å². The molecule has 1 atom stereocenters. The smallest absolute Gasteiger partial charge is 0.335 e. The van der Waals surface area contributed by atoms with E-state index in [4.69, 9.17) is 11.6 Å². The van der Waals surface area contributed by atoms with Gasteiger partial charge >= 0.3 is 6.18 Å². The number of hydrogen-bond acceptors (Lipinski definition) is 2. The molecule has 0 aromatic heterocycles. The van der Waals surface area contributed by atoms with Crippen LogP contribution in [0.2, 0.25) is 5.02 Å². The van der Waals surface area contributed by atoms with Gasteiger partial charge in [0.2, 0.25) is 5.91 Å². The minimum Gasteiger partial charge on any atom is -0.335 e. The summed E-state index contributed by atoms with van der Waals surface area (Å²) in [4.78, 5) is 16.8. The SMILES string of the molecule is O=C(C=Cc1ccc(Cl)c(C(F)(F)F)c1)N1CCC[C@H]1CN1CCCC1. The predicted octanol–water partition coefficient (Wildman–Crippen LogP) is 4.46. The van der Waals surface area contributed by atoms with E-state index in [9.17, 15) is 18.0 Å². The molecule has 1 amide bonds. The fourth-order valence-corrected chi connectivity index (χ4v) is 3.93. The molecule has 7 heteroatoms. The lowest BCUT2D eigenvalue weighted by atomic mass is 10.1. The number of likely N-dealkylation sites (tertiary alicyclic amines) is 2. The van der Waals surface area contributed by atoms with Crippen molar-refractivity contribution < 1.29 is 18.0 Å². The molecule has 2 heterocycles. The molecular weight excluding hydrogens is 365 g/mol. The largest absolute Gasteiger partial charge is 0.417 e. The van der Waals surface area contributed by atoms with Crippen molar-refractivity contribution in [2.24, 2.45) is 0 Å². The number of carbonyl (C=O) groups excluding carboxylic acids is 1. The van der Waals surface area contributed by atoms with Gasteiger partial charge < -0.3 is 9.80 Å². The van der Waals surface area contributed by atoms with Crippen molar-refractivity contribution in [2.75, 3.05) is 26.2 Å². The van der Waals surface area contributed by atoms with E-state index in [1.165, 1.54) is 37.1 Å². The van der Waals surface area contributed by atoms with Crippen molar-refractivity contribution in [1.82, 2.24) is 9.80 Å². The molecule has 0 N–H and O–H groups in total. The van der Waals surface area contributed by atoms with E-state index >= 15 is 0 Å². The minimum atomic E-state index is -4.51. The molecule has 0 saturated carbocycles. The number of alkyl halides is 3. The van der Waals surface area contributed by atoms with Crippen LogP contribution in [-0.4, -0.2) is 47.9 Å². The van der Waals surface area contributed by atoms with Crippen molar-refractivity contribution in [2.45, 2.75) is 37.9 Å². The summed E-state index contributed by atoms with van der Waals surface area (Å²) >= 11 is 5.62. The molecule has 2 fully saturated rings. The molecular formula is C19H22ClF3N2O. The zero-order chi connectivity index (χ0) is 18.7. The van der Waals surface area contributed by atoms with Crippen LogP contribution in [0, 0.1) is 0 Å². The Bertz CT molecular complexity index is 684. The highest BCUT2D eigenvalue weighted by molar-refractivity contribution is 6.31. The molecule has 0 aliphatic carbocycles. The Balaban J connectivity index is 1.67. The van der Waals surface area contributed by atoms with Gasteiger partial charge in [0.1, 0.15) is 0 Å². The first-order valence-electron chi connectivity index (χ1n) is 8.92. The molecule has 0 radical (unpaired) electrons. The first kappa shape index (κ1) is 19.2. The van der Waals surface area contributed by atoms with E-state index < -0.39 is 11.7 Å². The van der Waals surface area contributed by atoms with Gasteiger partial charge in [0.05, 0.1) is 10.6 Å². The summed E-state index contributed by atoms with van der Waals surface area (Å²) < 4.78 is 38.8. The normalized spacial score (nSPS) is 21.8. The number of hydrogen-bond donors (Lipinski definition) is 0. The quantitative estimate of drug-likeness (QED) is 0.713. The fourth-order valence-electron chi connectivity index (χ4n) is 3.71. The number of rotatable bonds is 4. The van der Waals surface area contributed by atoms with Crippen LogP contribution < -0.4 is 0 Å². The van der Waals surface area contributed by atoms with Crippen LogP contribution >= 0.6 is 11.6 Å². The van der Waals surface area contributed by atoms with Crippen molar-refractivity contribution in [3.8, 4) is 0 Å². The fraction of sp³-hybridized carbons (Fsp3) is 0.526. The standard InChI is InChI=1S/C19H22ClF3N2O/c20-17-7-5-14(12-16(17)19(21,22)23)6-8-18(26)25-11-3-4-15(25)13-24-9-1-2-10-24/h5-8,12,15H,1-4,9-11,13H2/t15-/m0/s1. The molecule has 1 aromatic rings. The maximum atomic E-state index is 12.9. The van der Waals surface area contributed by atoms with E-state index in [1.807, 2.05) is 4.90 Å². The van der Waals surface area contributed by atoms with Gasteiger partial charge in [0, 0.05) is 25.2 Å². The van der Waals surface area contributed by atoms with E-state index in [2.05, 4.69) is 4.90 Å². The van der Waals surface area contributed by atoms with Gasteiger partial charge in [-0.2, -0.15) is 13.2 Å². The van der Waals surface area contributed by atoms with Gasteiger partial charge in [0.15, 0.2) is 0 Å². The summed E-state index contributed by atoms with van der Waals surface area (Å²) in [6.07, 6.45) is 2.65. The van der Waals surface area contributed by atoms with Gasteiger partial charge in [-0.05, 0) is 62.5 Å². The van der Waals surface area contributed by atoms with Crippen LogP contribution in [0.5, 0.6) is 0 Å². The third kappa shape index (κ3) is 4.60. The average Bonchev–Trinajstić information content (AvgIpc) is 3.25. The van der Waals surface area contributed by atoms with Crippen LogP contribution in [0.25, 0.3) is 6.08 Å². The zero-order valence-electron chi connectivity index (χ0n) is 14.4. The van der Waals surface area contributed by atoms with Crippen molar-refractivity contribution >= 4 is 23.6 Å². The lowest BCUT2D eigenvalue weighted by Gasteiger charge is -2.27. The molecule has 3 nitrogen and oxygen atoms in total. The van der Waals surface area contributed by atoms with Gasteiger partial charge in [-0.1, -0.05) is 17.7 Å². The van der Waals surface area contributed by atoms with Crippen LogP contribution in [0.1, 0.15) is 36.8 Å². The van der Waals surface area contributed by atoms with Gasteiger partial charge in [-0.3, -0.25) is 4.79 Å². The molecule has 0 unspecified atom stereocenters. The second-order valence-electron chi connectivity index (χ2n) is 6.91. The molecule has 26 heavy (non-hydrogen) atoms. The number of amides is 1. The van der Waals surface area contributed by atoms with Crippen molar-refractivity contribution in [3.63, 3.8) is 0 Å². The van der Waals surface area contributed by atoms with Crippen LogP contribution in [0.3, 0.4) is 0 Å². The maximum absolute atomic E-state index is 12.9. The van der Waals surface area contributed by atoms with Crippen LogP contribution in [0.4, 0.5) is 13.2 Å². The second-order valence-corrected chi connectivity index (χ2v) is 7.31. The Kier molecular flexibility index (Phi) is 5.92. The highest BCUT2D eigenvalue weighted by Gasteiger charge is 2.33. The Morgan fingerprint density at radius 3 is 2.62 bits per heavy atom. The van der Waals surface area contributed by atoms with Crippen molar-refractivity contribution in [3.05, 3.63) is 40.4 Å². The molecule has 2 saturated heterocycles. The summed E-state index contributed by atoms with van der Waals surface area (Å²) in [5.41, 5.74) is -0.577. The maximum Gasteiger partial charge on any atom is 0.417 e. The van der Waals surface area contributed by atoms with Gasteiger partial charge in [-0.25, -0.2) is 0 Å². The molecule has 2 aliphatic rings. The second kappa shape index (κ2) is 8.01. The Morgan fingerprint density at radius 2 is 1.92 bits per heavy atom. The molecule has 0 bridgehead atoms. The van der Waals surface area contributed by atoms with Crippen LogP contribution in [0.15, 0.2) is 24.3 Å². The van der Waals surface area contributed by atoms with E-state index in [1.54, 1.807) is 0 Å². The predicted molar refractivity (Wildman–Crippen MR) is 95.9 cm³/mol. The lowest BCUT2D eigenvalue weighted by Crippen LogP contribution is -2.41. The summed E-state index contributed by atoms with van der Waals surface area (Å²) in [5.74, 6) is -0.143. The Morgan fingerprint density at radius 1 is 1.19 bits per heavy atom. The highest BCUT2D eigenvalue weighted by Crippen LogP contribution is 2.35. The Hall–Kier alpha value is -1.53.